The average Bonchev–Trinajstić information content (AvgIpc) is 3.14. The van der Waals surface area contributed by atoms with Crippen LogP contribution in [0.15, 0.2) is 42.5 Å². The van der Waals surface area contributed by atoms with Gasteiger partial charge < -0.3 is 14.2 Å². The van der Waals surface area contributed by atoms with Crippen molar-refractivity contribution in [1.82, 2.24) is 14.5 Å². The average molecular weight is 477 g/mol. The molecule has 0 saturated carbocycles. The Morgan fingerprint density at radius 2 is 1.94 bits per heavy atom. The Labute approximate surface area is 205 Å². The highest BCUT2D eigenvalue weighted by Gasteiger charge is 2.47. The van der Waals surface area contributed by atoms with Crippen molar-refractivity contribution >= 4 is 34.6 Å². The quantitative estimate of drug-likeness (QED) is 0.539. The standard InChI is InChI=1S/C27H32N4O2S/c1-19-8-9-21-22(31(19)26(32)33-2)10-11-23-25(21)28-24(14-20-6-4-3-5-7-20)30(23)13-12-29-15-27(16-29)17-34-18-27/h3-7,10-11,19H,8-9,12-18H2,1-2H3/t19-/m0/s1. The maximum atomic E-state index is 12.6. The number of thioether (sulfide) groups is 1. The SMILES string of the molecule is COC(=O)N1c2ccc3c(nc(Cc4ccccc4)n3CCN3CC4(CSC4)C3)c2CC[C@@H]1C. The number of imidazole rings is 1. The van der Waals surface area contributed by atoms with E-state index in [1.807, 2.05) is 0 Å². The molecule has 34 heavy (non-hydrogen) atoms. The fourth-order valence-electron chi connectivity index (χ4n) is 5.89. The Kier molecular flexibility index (Phi) is 5.57. The molecule has 2 saturated heterocycles. The van der Waals surface area contributed by atoms with Gasteiger partial charge in [0.25, 0.3) is 0 Å². The highest BCUT2D eigenvalue weighted by Crippen LogP contribution is 2.45. The molecule has 3 aliphatic rings. The van der Waals surface area contributed by atoms with E-state index in [2.05, 4.69) is 70.6 Å². The number of fused-ring (bicyclic) bond motifs is 3. The highest BCUT2D eigenvalue weighted by atomic mass is 32.2. The zero-order valence-corrected chi connectivity index (χ0v) is 20.8. The van der Waals surface area contributed by atoms with Crippen molar-refractivity contribution in [2.24, 2.45) is 5.41 Å². The molecule has 0 N–H and O–H groups in total. The molecule has 0 radical (unpaired) electrons. The topological polar surface area (TPSA) is 50.6 Å². The molecule has 3 aromatic rings. The number of hydrogen-bond donors (Lipinski definition) is 0. The second-order valence-electron chi connectivity index (χ2n) is 10.2. The minimum absolute atomic E-state index is 0.117. The van der Waals surface area contributed by atoms with Crippen molar-refractivity contribution in [2.75, 3.05) is 43.1 Å². The molecule has 178 valence electrons. The Balaban J connectivity index is 1.36. The maximum Gasteiger partial charge on any atom is 0.414 e. The summed E-state index contributed by atoms with van der Waals surface area (Å²) in [6.07, 6.45) is 2.35. The van der Waals surface area contributed by atoms with E-state index >= 15 is 0 Å². The van der Waals surface area contributed by atoms with E-state index < -0.39 is 0 Å². The summed E-state index contributed by atoms with van der Waals surface area (Å²) in [4.78, 5) is 22.2. The van der Waals surface area contributed by atoms with E-state index in [0.717, 1.165) is 49.4 Å². The predicted molar refractivity (Wildman–Crippen MR) is 138 cm³/mol. The molecule has 0 aliphatic carbocycles. The number of carbonyl (C=O) groups excluding carboxylic acids is 1. The highest BCUT2D eigenvalue weighted by molar-refractivity contribution is 8.00. The molecule has 1 spiro atoms. The largest absolute Gasteiger partial charge is 0.452 e. The van der Waals surface area contributed by atoms with Crippen LogP contribution in [0.25, 0.3) is 11.0 Å². The van der Waals surface area contributed by atoms with Gasteiger partial charge >= 0.3 is 6.09 Å². The Morgan fingerprint density at radius 1 is 1.15 bits per heavy atom. The van der Waals surface area contributed by atoms with Crippen molar-refractivity contribution < 1.29 is 9.53 Å². The number of ether oxygens (including phenoxy) is 1. The van der Waals surface area contributed by atoms with Gasteiger partial charge in [-0.15, -0.1) is 0 Å². The summed E-state index contributed by atoms with van der Waals surface area (Å²) < 4.78 is 7.53. The molecule has 7 heteroatoms. The number of methoxy groups -OCH3 is 1. The first kappa shape index (κ1) is 22.0. The monoisotopic (exact) mass is 476 g/mol. The van der Waals surface area contributed by atoms with Gasteiger partial charge in [-0.25, -0.2) is 9.78 Å². The summed E-state index contributed by atoms with van der Waals surface area (Å²) >= 11 is 2.08. The van der Waals surface area contributed by atoms with Crippen LogP contribution in [0.5, 0.6) is 0 Å². The number of nitrogens with zero attached hydrogens (tertiary/aromatic N) is 4. The second kappa shape index (κ2) is 8.61. The molecule has 0 unspecified atom stereocenters. The van der Waals surface area contributed by atoms with E-state index in [0.29, 0.717) is 5.41 Å². The van der Waals surface area contributed by atoms with Crippen LogP contribution in [0.2, 0.25) is 0 Å². The lowest BCUT2D eigenvalue weighted by Gasteiger charge is -2.55. The first-order valence-electron chi connectivity index (χ1n) is 12.3. The minimum Gasteiger partial charge on any atom is -0.452 e. The maximum absolute atomic E-state index is 12.6. The number of anilines is 1. The lowest BCUT2D eigenvalue weighted by Crippen LogP contribution is -2.63. The lowest BCUT2D eigenvalue weighted by atomic mass is 9.83. The zero-order chi connectivity index (χ0) is 23.3. The van der Waals surface area contributed by atoms with Gasteiger partial charge in [-0.2, -0.15) is 11.8 Å². The van der Waals surface area contributed by atoms with Gasteiger partial charge in [0.05, 0.1) is 23.8 Å². The van der Waals surface area contributed by atoms with E-state index in [-0.39, 0.29) is 12.1 Å². The smallest absolute Gasteiger partial charge is 0.414 e. The number of amides is 1. The van der Waals surface area contributed by atoms with Crippen molar-refractivity contribution in [3.05, 3.63) is 59.4 Å². The van der Waals surface area contributed by atoms with Crippen LogP contribution in [0.1, 0.15) is 30.3 Å². The van der Waals surface area contributed by atoms with Gasteiger partial charge in [-0.05, 0) is 37.5 Å². The molecule has 1 amide bonds. The molecule has 2 aromatic carbocycles. The number of rotatable bonds is 5. The van der Waals surface area contributed by atoms with Gasteiger partial charge in [-0.3, -0.25) is 4.90 Å². The van der Waals surface area contributed by atoms with Gasteiger partial charge in [-0.1, -0.05) is 30.3 Å². The molecular formula is C27H32N4O2S. The van der Waals surface area contributed by atoms with Crippen LogP contribution < -0.4 is 4.90 Å². The van der Waals surface area contributed by atoms with E-state index in [1.54, 1.807) is 4.90 Å². The van der Waals surface area contributed by atoms with Gasteiger partial charge in [0.15, 0.2) is 0 Å². The molecule has 0 bridgehead atoms. The summed E-state index contributed by atoms with van der Waals surface area (Å²) in [5, 5.41) is 0. The first-order valence-corrected chi connectivity index (χ1v) is 13.4. The molecule has 6 nitrogen and oxygen atoms in total. The summed E-state index contributed by atoms with van der Waals surface area (Å²) in [7, 11) is 1.46. The molecule has 2 fully saturated rings. The summed E-state index contributed by atoms with van der Waals surface area (Å²) in [6, 6.07) is 15.0. The van der Waals surface area contributed by atoms with E-state index in [1.165, 1.54) is 48.3 Å². The summed E-state index contributed by atoms with van der Waals surface area (Å²) in [5.41, 5.74) is 6.22. The first-order chi connectivity index (χ1) is 16.6. The zero-order valence-electron chi connectivity index (χ0n) is 20.0. The summed E-state index contributed by atoms with van der Waals surface area (Å²) in [6.45, 7) is 6.56. The third-order valence-electron chi connectivity index (χ3n) is 7.74. The van der Waals surface area contributed by atoms with Gasteiger partial charge in [0.1, 0.15) is 5.82 Å². The van der Waals surface area contributed by atoms with Crippen LogP contribution in [0.4, 0.5) is 10.5 Å². The van der Waals surface area contributed by atoms with E-state index in [4.69, 9.17) is 9.72 Å². The number of carbonyl (C=O) groups is 1. The van der Waals surface area contributed by atoms with Crippen LogP contribution >= 0.6 is 11.8 Å². The molecule has 1 atom stereocenters. The second-order valence-corrected chi connectivity index (χ2v) is 11.2. The van der Waals surface area contributed by atoms with Crippen molar-refractivity contribution in [3.8, 4) is 0 Å². The molecule has 1 aromatic heterocycles. The number of aryl methyl sites for hydroxylation is 1. The summed E-state index contributed by atoms with van der Waals surface area (Å²) in [5.74, 6) is 3.77. The van der Waals surface area contributed by atoms with Crippen molar-refractivity contribution in [2.45, 2.75) is 38.8 Å². The molecular weight excluding hydrogens is 444 g/mol. The van der Waals surface area contributed by atoms with E-state index in [9.17, 15) is 4.79 Å². The number of likely N-dealkylation sites (tertiary alicyclic amines) is 1. The minimum atomic E-state index is -0.294. The van der Waals surface area contributed by atoms with Crippen molar-refractivity contribution in [3.63, 3.8) is 0 Å². The molecule has 3 aliphatic heterocycles. The van der Waals surface area contributed by atoms with Crippen LogP contribution in [0, 0.1) is 5.41 Å². The third-order valence-corrected chi connectivity index (χ3v) is 9.38. The Hall–Kier alpha value is -2.51. The lowest BCUT2D eigenvalue weighted by molar-refractivity contribution is 0.0276. The fourth-order valence-corrected chi connectivity index (χ4v) is 7.04. The van der Waals surface area contributed by atoms with Crippen molar-refractivity contribution in [1.29, 1.82) is 0 Å². The normalized spacial score (nSPS) is 21.2. The Morgan fingerprint density at radius 3 is 2.65 bits per heavy atom. The van der Waals surface area contributed by atoms with Crippen LogP contribution in [-0.4, -0.2) is 64.8 Å². The van der Waals surface area contributed by atoms with Crippen LogP contribution in [-0.2, 0) is 24.1 Å². The van der Waals surface area contributed by atoms with Crippen LogP contribution in [0.3, 0.4) is 0 Å². The fraction of sp³-hybridized carbons (Fsp3) is 0.481. The number of hydrogen-bond acceptors (Lipinski definition) is 5. The number of benzene rings is 2. The third kappa shape index (κ3) is 3.69. The molecule has 4 heterocycles. The van der Waals surface area contributed by atoms with Gasteiger partial charge in [0, 0.05) is 61.1 Å². The number of aromatic nitrogens is 2. The Bertz CT molecular complexity index is 1210. The predicted octanol–water partition coefficient (Wildman–Crippen LogP) is 4.58. The van der Waals surface area contributed by atoms with Gasteiger partial charge in [0.2, 0.25) is 0 Å². The molecule has 6 rings (SSSR count).